The van der Waals surface area contributed by atoms with Gasteiger partial charge in [-0.25, -0.2) is 4.98 Å². The number of pyridine rings is 1. The van der Waals surface area contributed by atoms with Gasteiger partial charge in [-0.2, -0.15) is 0 Å². The van der Waals surface area contributed by atoms with Gasteiger partial charge in [0.05, 0.1) is 5.69 Å². The van der Waals surface area contributed by atoms with Crippen LogP contribution in [0.4, 0.5) is 5.82 Å². The number of rotatable bonds is 1. The van der Waals surface area contributed by atoms with Gasteiger partial charge in [0.25, 0.3) is 0 Å². The second-order valence-corrected chi connectivity index (χ2v) is 2.14. The molecule has 0 fully saturated rings. The van der Waals surface area contributed by atoms with E-state index >= 15 is 0 Å². The van der Waals surface area contributed by atoms with Crippen LogP contribution in [-0.2, 0) is 0 Å². The summed E-state index contributed by atoms with van der Waals surface area (Å²) < 4.78 is 0. The molecule has 0 radical (unpaired) electrons. The van der Waals surface area contributed by atoms with Crippen molar-refractivity contribution >= 4 is 11.9 Å². The van der Waals surface area contributed by atoms with Crippen molar-refractivity contribution in [2.45, 2.75) is 6.92 Å². The lowest BCUT2D eigenvalue weighted by molar-refractivity contribution is 1.25. The Morgan fingerprint density at radius 3 is 2.80 bits per heavy atom. The zero-order chi connectivity index (χ0) is 7.56. The summed E-state index contributed by atoms with van der Waals surface area (Å²) in [5.74, 6) is 0.542. The van der Waals surface area contributed by atoms with Gasteiger partial charge in [-0.3, -0.25) is 0 Å². The number of hydrogen-bond donors (Lipinski definition) is 1. The van der Waals surface area contributed by atoms with Gasteiger partial charge in [0.1, 0.15) is 5.82 Å². The molecule has 2 N–H and O–H groups in total. The van der Waals surface area contributed by atoms with E-state index in [-0.39, 0.29) is 0 Å². The fourth-order valence-electron chi connectivity index (χ4n) is 0.767. The van der Waals surface area contributed by atoms with E-state index in [2.05, 4.69) is 11.6 Å². The van der Waals surface area contributed by atoms with Gasteiger partial charge < -0.3 is 5.73 Å². The van der Waals surface area contributed by atoms with Crippen LogP contribution in [-0.4, -0.2) is 4.98 Å². The molecule has 0 atom stereocenters. The van der Waals surface area contributed by atoms with Crippen molar-refractivity contribution in [1.82, 2.24) is 4.98 Å². The van der Waals surface area contributed by atoms with Crippen LogP contribution in [0.1, 0.15) is 11.3 Å². The van der Waals surface area contributed by atoms with Crippen LogP contribution in [0.2, 0.25) is 0 Å². The molecule has 2 nitrogen and oxygen atoms in total. The first kappa shape index (κ1) is 6.81. The normalized spacial score (nSPS) is 9.30. The molecule has 1 aromatic heterocycles. The first-order valence-electron chi connectivity index (χ1n) is 3.09. The van der Waals surface area contributed by atoms with Crippen LogP contribution in [0, 0.1) is 6.92 Å². The summed E-state index contributed by atoms with van der Waals surface area (Å²) in [6, 6.07) is 3.71. The van der Waals surface area contributed by atoms with Gasteiger partial charge in [-0.1, -0.05) is 12.6 Å². The molecule has 1 heterocycles. The predicted molar refractivity (Wildman–Crippen MR) is 43.5 cm³/mol. The predicted octanol–water partition coefficient (Wildman–Crippen LogP) is 1.62. The van der Waals surface area contributed by atoms with Gasteiger partial charge in [0.2, 0.25) is 0 Å². The molecule has 1 rings (SSSR count). The van der Waals surface area contributed by atoms with Crippen molar-refractivity contribution in [3.63, 3.8) is 0 Å². The van der Waals surface area contributed by atoms with E-state index in [4.69, 9.17) is 5.73 Å². The van der Waals surface area contributed by atoms with Crippen molar-refractivity contribution in [2.75, 3.05) is 5.73 Å². The van der Waals surface area contributed by atoms with Crippen LogP contribution in [0.3, 0.4) is 0 Å². The van der Waals surface area contributed by atoms with Crippen LogP contribution >= 0.6 is 0 Å². The Bertz CT molecular complexity index is 253. The summed E-state index contributed by atoms with van der Waals surface area (Å²) >= 11 is 0. The van der Waals surface area contributed by atoms with Crippen LogP contribution in [0.15, 0.2) is 18.7 Å². The largest absolute Gasteiger partial charge is 0.384 e. The van der Waals surface area contributed by atoms with Crippen LogP contribution < -0.4 is 5.73 Å². The third-order valence-corrected chi connectivity index (χ3v) is 1.35. The van der Waals surface area contributed by atoms with Crippen molar-refractivity contribution < 1.29 is 0 Å². The monoisotopic (exact) mass is 134 g/mol. The standard InChI is InChI=1S/C8H10N2/c1-3-7-6(2)4-5-8(9)10-7/h3-5H,1H2,2H3,(H2,9,10). The molecule has 0 aromatic carbocycles. The molecule has 0 spiro atoms. The Kier molecular flexibility index (Phi) is 1.71. The maximum absolute atomic E-state index is 5.44. The van der Waals surface area contributed by atoms with E-state index < -0.39 is 0 Å². The van der Waals surface area contributed by atoms with Crippen LogP contribution in [0.5, 0.6) is 0 Å². The third kappa shape index (κ3) is 1.16. The van der Waals surface area contributed by atoms with Crippen molar-refractivity contribution in [2.24, 2.45) is 0 Å². The molecule has 0 aliphatic heterocycles. The summed E-state index contributed by atoms with van der Waals surface area (Å²) in [7, 11) is 0. The molecule has 0 unspecified atom stereocenters. The van der Waals surface area contributed by atoms with E-state index in [0.717, 1.165) is 11.3 Å². The SMILES string of the molecule is C=Cc1nc(N)ccc1C. The Balaban J connectivity index is 3.21. The highest BCUT2D eigenvalue weighted by Crippen LogP contribution is 2.07. The van der Waals surface area contributed by atoms with Gasteiger partial charge >= 0.3 is 0 Å². The lowest BCUT2D eigenvalue weighted by Gasteiger charge is -1.98. The van der Waals surface area contributed by atoms with E-state index in [1.165, 1.54) is 0 Å². The van der Waals surface area contributed by atoms with Gasteiger partial charge in [0, 0.05) is 0 Å². The molecule has 0 saturated carbocycles. The third-order valence-electron chi connectivity index (χ3n) is 1.35. The van der Waals surface area contributed by atoms with Crippen LogP contribution in [0.25, 0.3) is 6.08 Å². The highest BCUT2D eigenvalue weighted by atomic mass is 14.8. The zero-order valence-corrected chi connectivity index (χ0v) is 5.96. The number of nitrogens with two attached hydrogens (primary N) is 1. The molecule has 0 amide bonds. The fraction of sp³-hybridized carbons (Fsp3) is 0.125. The van der Waals surface area contributed by atoms with E-state index in [1.807, 2.05) is 13.0 Å². The molecule has 52 valence electrons. The average Bonchev–Trinajstić information content (AvgIpc) is 1.94. The first-order chi connectivity index (χ1) is 4.74. The molecule has 1 aromatic rings. The molecular formula is C8H10N2. The minimum Gasteiger partial charge on any atom is -0.384 e. The van der Waals surface area contributed by atoms with Crippen molar-refractivity contribution in [3.05, 3.63) is 30.0 Å². The first-order valence-corrected chi connectivity index (χ1v) is 3.09. The van der Waals surface area contributed by atoms with Gasteiger partial charge in [0.15, 0.2) is 0 Å². The second kappa shape index (κ2) is 2.52. The number of aromatic nitrogens is 1. The number of nitrogen functional groups attached to an aromatic ring is 1. The molecule has 0 aliphatic rings. The molecular weight excluding hydrogens is 124 g/mol. The minimum absolute atomic E-state index is 0.542. The summed E-state index contributed by atoms with van der Waals surface area (Å²) in [5.41, 5.74) is 7.41. The summed E-state index contributed by atoms with van der Waals surface area (Å²) in [4.78, 5) is 4.05. The molecule has 0 saturated heterocycles. The van der Waals surface area contributed by atoms with Crippen molar-refractivity contribution in [1.29, 1.82) is 0 Å². The Morgan fingerprint density at radius 1 is 1.60 bits per heavy atom. The van der Waals surface area contributed by atoms with Gasteiger partial charge in [-0.15, -0.1) is 0 Å². The maximum Gasteiger partial charge on any atom is 0.124 e. The molecule has 10 heavy (non-hydrogen) atoms. The van der Waals surface area contributed by atoms with Gasteiger partial charge in [-0.05, 0) is 24.6 Å². The quantitative estimate of drug-likeness (QED) is 0.633. The summed E-state index contributed by atoms with van der Waals surface area (Å²) in [5, 5.41) is 0. The Labute approximate surface area is 60.4 Å². The highest BCUT2D eigenvalue weighted by Gasteiger charge is 1.93. The van der Waals surface area contributed by atoms with E-state index in [1.54, 1.807) is 12.1 Å². The number of anilines is 1. The topological polar surface area (TPSA) is 38.9 Å². The summed E-state index contributed by atoms with van der Waals surface area (Å²) in [6.45, 7) is 5.59. The highest BCUT2D eigenvalue weighted by molar-refractivity contribution is 5.49. The fourth-order valence-corrected chi connectivity index (χ4v) is 0.767. The minimum atomic E-state index is 0.542. The molecule has 0 bridgehead atoms. The molecule has 0 aliphatic carbocycles. The average molecular weight is 134 g/mol. The maximum atomic E-state index is 5.44. The Hall–Kier alpha value is -1.31. The van der Waals surface area contributed by atoms with Crippen molar-refractivity contribution in [3.8, 4) is 0 Å². The lowest BCUT2D eigenvalue weighted by Crippen LogP contribution is -1.93. The summed E-state index contributed by atoms with van der Waals surface area (Å²) in [6.07, 6.45) is 1.70. The smallest absolute Gasteiger partial charge is 0.124 e. The van der Waals surface area contributed by atoms with E-state index in [9.17, 15) is 0 Å². The molecule has 2 heteroatoms. The number of aryl methyl sites for hydroxylation is 1. The number of nitrogens with zero attached hydrogens (tertiary/aromatic N) is 1. The number of hydrogen-bond acceptors (Lipinski definition) is 2. The Morgan fingerprint density at radius 2 is 2.30 bits per heavy atom. The second-order valence-electron chi connectivity index (χ2n) is 2.14. The lowest BCUT2D eigenvalue weighted by atomic mass is 10.2. The van der Waals surface area contributed by atoms with E-state index in [0.29, 0.717) is 5.82 Å². The zero-order valence-electron chi connectivity index (χ0n) is 5.96.